The van der Waals surface area contributed by atoms with E-state index in [1.165, 1.54) is 0 Å². The second-order valence-electron chi connectivity index (χ2n) is 4.55. The summed E-state index contributed by atoms with van der Waals surface area (Å²) in [5.41, 5.74) is 12.9. The van der Waals surface area contributed by atoms with Gasteiger partial charge in [0.1, 0.15) is 11.9 Å². The van der Waals surface area contributed by atoms with Crippen molar-refractivity contribution in [3.63, 3.8) is 0 Å². The normalized spacial score (nSPS) is 9.86. The minimum atomic E-state index is -0.486. The Balaban J connectivity index is 2.32. The van der Waals surface area contributed by atoms with E-state index in [0.717, 1.165) is 5.56 Å². The Kier molecular flexibility index (Phi) is 4.36. The lowest BCUT2D eigenvalue weighted by molar-refractivity contribution is -0.116. The molecule has 0 aliphatic carbocycles. The number of anilines is 2. The molecule has 0 aliphatic rings. The van der Waals surface area contributed by atoms with Gasteiger partial charge in [-0.05, 0) is 29.8 Å². The van der Waals surface area contributed by atoms with Gasteiger partial charge in [-0.3, -0.25) is 4.79 Å². The van der Waals surface area contributed by atoms with Gasteiger partial charge in [0.15, 0.2) is 0 Å². The van der Waals surface area contributed by atoms with Crippen LogP contribution in [0.15, 0.2) is 42.6 Å². The zero-order valence-corrected chi connectivity index (χ0v) is 11.4. The maximum absolute atomic E-state index is 11.3. The number of carbonyl (C=O) groups excluding carboxylic acids is 1. The summed E-state index contributed by atoms with van der Waals surface area (Å²) in [6.45, 7) is 0.394. The van der Waals surface area contributed by atoms with Crippen molar-refractivity contribution in [2.24, 2.45) is 5.73 Å². The molecule has 0 saturated heterocycles. The summed E-state index contributed by atoms with van der Waals surface area (Å²) >= 11 is 0. The van der Waals surface area contributed by atoms with Crippen LogP contribution >= 0.6 is 0 Å². The van der Waals surface area contributed by atoms with Crippen LogP contribution in [0.1, 0.15) is 11.1 Å². The molecule has 0 unspecified atom stereocenters. The summed E-state index contributed by atoms with van der Waals surface area (Å²) in [6, 6.07) is 12.7. The minimum absolute atomic E-state index is 0.0178. The van der Waals surface area contributed by atoms with Crippen molar-refractivity contribution in [3.8, 4) is 6.07 Å². The van der Waals surface area contributed by atoms with Gasteiger partial charge in [0.2, 0.25) is 5.91 Å². The molecule has 106 valence electrons. The van der Waals surface area contributed by atoms with E-state index in [-0.39, 0.29) is 6.54 Å². The number of primary amides is 1. The first-order valence-corrected chi connectivity index (χ1v) is 6.33. The summed E-state index contributed by atoms with van der Waals surface area (Å²) in [4.78, 5) is 17.1. The van der Waals surface area contributed by atoms with Crippen molar-refractivity contribution in [2.45, 2.75) is 6.54 Å². The standard InChI is InChI=1S/C15H15N5O/c16-8-12-2-1-7-19-15(12)20(10-14(18)21)9-11-3-5-13(17)6-4-11/h1-7H,9-10,17H2,(H2,18,21). The first-order chi connectivity index (χ1) is 10.1. The van der Waals surface area contributed by atoms with Crippen molar-refractivity contribution < 1.29 is 4.79 Å². The highest BCUT2D eigenvalue weighted by Crippen LogP contribution is 2.19. The highest BCUT2D eigenvalue weighted by Gasteiger charge is 2.15. The highest BCUT2D eigenvalue weighted by molar-refractivity contribution is 5.79. The average Bonchev–Trinajstić information content (AvgIpc) is 2.48. The topological polar surface area (TPSA) is 109 Å². The zero-order valence-electron chi connectivity index (χ0n) is 11.4. The van der Waals surface area contributed by atoms with E-state index < -0.39 is 5.91 Å². The van der Waals surface area contributed by atoms with Crippen LogP contribution < -0.4 is 16.4 Å². The van der Waals surface area contributed by atoms with Crippen molar-refractivity contribution in [3.05, 3.63) is 53.7 Å². The van der Waals surface area contributed by atoms with Crippen LogP contribution in [0.25, 0.3) is 0 Å². The van der Waals surface area contributed by atoms with Crippen LogP contribution in [0.4, 0.5) is 11.5 Å². The number of benzene rings is 1. The van der Waals surface area contributed by atoms with E-state index in [4.69, 9.17) is 16.7 Å². The number of nitriles is 1. The van der Waals surface area contributed by atoms with E-state index in [9.17, 15) is 4.79 Å². The number of hydrogen-bond donors (Lipinski definition) is 2. The van der Waals surface area contributed by atoms with E-state index in [2.05, 4.69) is 11.1 Å². The number of hydrogen-bond acceptors (Lipinski definition) is 5. The molecule has 1 aromatic carbocycles. The number of pyridine rings is 1. The molecule has 0 spiro atoms. The lowest BCUT2D eigenvalue weighted by Crippen LogP contribution is -2.34. The van der Waals surface area contributed by atoms with E-state index >= 15 is 0 Å². The molecular weight excluding hydrogens is 266 g/mol. The van der Waals surface area contributed by atoms with Gasteiger partial charge in [-0.1, -0.05) is 12.1 Å². The average molecular weight is 281 g/mol. The maximum atomic E-state index is 11.3. The smallest absolute Gasteiger partial charge is 0.237 e. The van der Waals surface area contributed by atoms with Gasteiger partial charge in [-0.25, -0.2) is 4.98 Å². The Morgan fingerprint density at radius 2 is 2.00 bits per heavy atom. The van der Waals surface area contributed by atoms with Gasteiger partial charge >= 0.3 is 0 Å². The SMILES string of the molecule is N#Cc1cccnc1N(CC(N)=O)Cc1ccc(N)cc1. The molecule has 0 atom stereocenters. The predicted octanol–water partition coefficient (Wildman–Crippen LogP) is 1.03. The van der Waals surface area contributed by atoms with Crippen LogP contribution in [0.3, 0.4) is 0 Å². The largest absolute Gasteiger partial charge is 0.399 e. The molecule has 0 bridgehead atoms. The van der Waals surface area contributed by atoms with Gasteiger partial charge in [0.25, 0.3) is 0 Å². The molecule has 1 aromatic heterocycles. The fourth-order valence-electron chi connectivity index (χ4n) is 1.97. The Hall–Kier alpha value is -3.07. The van der Waals surface area contributed by atoms with Crippen LogP contribution in [0, 0.1) is 11.3 Å². The lowest BCUT2D eigenvalue weighted by atomic mass is 10.1. The third-order valence-electron chi connectivity index (χ3n) is 2.91. The number of nitrogen functional groups attached to an aromatic ring is 1. The molecule has 0 saturated carbocycles. The number of nitrogens with two attached hydrogens (primary N) is 2. The first-order valence-electron chi connectivity index (χ1n) is 6.33. The van der Waals surface area contributed by atoms with E-state index in [0.29, 0.717) is 23.6 Å². The minimum Gasteiger partial charge on any atom is -0.399 e. The first kappa shape index (κ1) is 14.3. The summed E-state index contributed by atoms with van der Waals surface area (Å²) < 4.78 is 0. The molecule has 0 radical (unpaired) electrons. The van der Waals surface area contributed by atoms with Gasteiger partial charge in [-0.2, -0.15) is 5.26 Å². The summed E-state index contributed by atoms with van der Waals surface area (Å²) in [6.07, 6.45) is 1.58. The third kappa shape index (κ3) is 3.70. The van der Waals surface area contributed by atoms with Crippen LogP contribution in [-0.2, 0) is 11.3 Å². The second kappa shape index (κ2) is 6.39. The summed E-state index contributed by atoms with van der Waals surface area (Å²) in [7, 11) is 0. The molecule has 0 fully saturated rings. The van der Waals surface area contributed by atoms with Crippen LogP contribution in [-0.4, -0.2) is 17.4 Å². The molecule has 6 nitrogen and oxygen atoms in total. The quantitative estimate of drug-likeness (QED) is 0.795. The number of nitrogens with zero attached hydrogens (tertiary/aromatic N) is 3. The fourth-order valence-corrected chi connectivity index (χ4v) is 1.97. The Morgan fingerprint density at radius 3 is 2.62 bits per heavy atom. The third-order valence-corrected chi connectivity index (χ3v) is 2.91. The predicted molar refractivity (Wildman–Crippen MR) is 80.1 cm³/mol. The molecule has 1 heterocycles. The molecule has 21 heavy (non-hydrogen) atoms. The second-order valence-corrected chi connectivity index (χ2v) is 4.55. The van der Waals surface area contributed by atoms with Gasteiger partial charge in [0, 0.05) is 18.4 Å². The summed E-state index contributed by atoms with van der Waals surface area (Å²) in [5, 5.41) is 9.15. The number of aromatic nitrogens is 1. The molecule has 6 heteroatoms. The molecule has 0 aliphatic heterocycles. The molecule has 2 rings (SSSR count). The maximum Gasteiger partial charge on any atom is 0.237 e. The number of rotatable bonds is 5. The van der Waals surface area contributed by atoms with Crippen molar-refractivity contribution in [2.75, 3.05) is 17.2 Å². The summed E-state index contributed by atoms with van der Waals surface area (Å²) in [5.74, 6) is -0.0457. The van der Waals surface area contributed by atoms with Crippen LogP contribution in [0.2, 0.25) is 0 Å². The molecule has 2 aromatic rings. The van der Waals surface area contributed by atoms with Crippen LogP contribution in [0.5, 0.6) is 0 Å². The van der Waals surface area contributed by atoms with Crippen molar-refractivity contribution in [1.29, 1.82) is 5.26 Å². The molecule has 4 N–H and O–H groups in total. The zero-order chi connectivity index (χ0) is 15.2. The Morgan fingerprint density at radius 1 is 1.29 bits per heavy atom. The Bertz CT molecular complexity index is 675. The van der Waals surface area contributed by atoms with E-state index in [1.807, 2.05) is 12.1 Å². The van der Waals surface area contributed by atoms with Gasteiger partial charge in [0.05, 0.1) is 12.1 Å². The fraction of sp³-hybridized carbons (Fsp3) is 0.133. The molecule has 1 amide bonds. The monoisotopic (exact) mass is 281 g/mol. The Labute approximate surface area is 122 Å². The van der Waals surface area contributed by atoms with Crippen molar-refractivity contribution in [1.82, 2.24) is 4.98 Å². The molecular formula is C15H15N5O. The van der Waals surface area contributed by atoms with Gasteiger partial charge < -0.3 is 16.4 Å². The van der Waals surface area contributed by atoms with Crippen molar-refractivity contribution >= 4 is 17.4 Å². The number of carbonyl (C=O) groups is 1. The van der Waals surface area contributed by atoms with Gasteiger partial charge in [-0.15, -0.1) is 0 Å². The highest BCUT2D eigenvalue weighted by atomic mass is 16.1. The lowest BCUT2D eigenvalue weighted by Gasteiger charge is -2.23. The van der Waals surface area contributed by atoms with E-state index in [1.54, 1.807) is 35.4 Å². The number of amides is 1.